The zero-order valence-corrected chi connectivity index (χ0v) is 20.4. The Balaban J connectivity index is 0.000000526. The van der Waals surface area contributed by atoms with E-state index >= 15 is 0 Å². The largest absolute Gasteiger partial charge is 0.492 e. The van der Waals surface area contributed by atoms with Crippen LogP contribution in [0.2, 0.25) is 0 Å². The molecule has 3 rings (SSSR count). The Morgan fingerprint density at radius 1 is 1.32 bits per heavy atom. The van der Waals surface area contributed by atoms with Gasteiger partial charge in [-0.3, -0.25) is 20.3 Å². The molecule has 1 aromatic carbocycles. The van der Waals surface area contributed by atoms with E-state index in [-0.39, 0.29) is 23.7 Å². The van der Waals surface area contributed by atoms with Crippen LogP contribution in [0, 0.1) is 5.41 Å². The lowest BCUT2D eigenvalue weighted by atomic mass is 10.1. The molecule has 0 aliphatic carbocycles. The number of amides is 2. The van der Waals surface area contributed by atoms with Crippen molar-refractivity contribution in [2.75, 3.05) is 38.7 Å². The highest BCUT2D eigenvalue weighted by Crippen LogP contribution is 2.23. The first-order valence-electron chi connectivity index (χ1n) is 10.7. The molecule has 0 bridgehead atoms. The minimum atomic E-state index is -0.341. The van der Waals surface area contributed by atoms with Crippen molar-refractivity contribution >= 4 is 40.4 Å². The van der Waals surface area contributed by atoms with Crippen molar-refractivity contribution in [3.8, 4) is 5.75 Å². The van der Waals surface area contributed by atoms with Crippen molar-refractivity contribution in [2.24, 2.45) is 10.7 Å². The highest BCUT2D eigenvalue weighted by atomic mass is 32.2. The number of anilines is 1. The zero-order valence-electron chi connectivity index (χ0n) is 19.6. The van der Waals surface area contributed by atoms with Gasteiger partial charge in [0.05, 0.1) is 18.3 Å². The Kier molecular flexibility index (Phi) is 11.0. The number of pyridine rings is 1. The average Bonchev–Trinajstić information content (AvgIpc) is 3.12. The number of benzene rings is 1. The van der Waals surface area contributed by atoms with E-state index in [1.54, 1.807) is 20.2 Å². The lowest BCUT2D eigenvalue weighted by molar-refractivity contribution is -0.118. The number of carbonyl (C=O) groups excluding carboxylic acids is 2. The third-order valence-electron chi connectivity index (χ3n) is 4.52. The average molecular weight is 488 g/mol. The Hall–Kier alpha value is -3.44. The highest BCUT2D eigenvalue weighted by Gasteiger charge is 2.31. The van der Waals surface area contributed by atoms with Gasteiger partial charge in [0.25, 0.3) is 5.24 Å². The SMILES string of the molecule is CN(CCOc1ccc(CC2SC(=O)NC2=O)cc1)c1ccccn1.CNCC(N)=NC(C)=N.[HH]. The summed E-state index contributed by atoms with van der Waals surface area (Å²) in [5.74, 6) is 2.15. The molecule has 2 aromatic rings. The number of likely N-dealkylation sites (N-methyl/N-ethyl adjacent to an activating group) is 2. The fourth-order valence-corrected chi connectivity index (χ4v) is 3.75. The summed E-state index contributed by atoms with van der Waals surface area (Å²) < 4.78 is 5.75. The van der Waals surface area contributed by atoms with E-state index in [2.05, 4.69) is 20.6 Å². The summed E-state index contributed by atoms with van der Waals surface area (Å²) in [7, 11) is 3.75. The van der Waals surface area contributed by atoms with Crippen molar-refractivity contribution in [3.05, 3.63) is 54.2 Å². The standard InChI is InChI=1S/C18H19N3O3S.C5H12N4.H2/c1-21(16-4-2-3-9-19-16)10-11-24-14-7-5-13(6-8-14)12-15-17(22)20-18(23)25-15;1-4(6)9-5(7)3-8-2;/h2-9,15H,10-12H2,1H3,(H,20,22,23);8H,3H2,1-2H3,(H3,6,7,9);1H. The summed E-state index contributed by atoms with van der Waals surface area (Å²) in [5.41, 5.74) is 6.33. The summed E-state index contributed by atoms with van der Waals surface area (Å²) in [4.78, 5) is 32.8. The van der Waals surface area contributed by atoms with E-state index in [0.717, 1.165) is 35.4 Å². The van der Waals surface area contributed by atoms with Gasteiger partial charge in [0.15, 0.2) is 0 Å². The molecule has 11 heteroatoms. The van der Waals surface area contributed by atoms with Crippen LogP contribution >= 0.6 is 11.8 Å². The molecule has 0 radical (unpaired) electrons. The molecule has 1 aliphatic rings. The molecule has 1 fully saturated rings. The maximum absolute atomic E-state index is 11.6. The van der Waals surface area contributed by atoms with Gasteiger partial charge in [-0.05, 0) is 50.2 Å². The molecule has 5 N–H and O–H groups in total. The number of rotatable bonds is 9. The number of aliphatic imine (C=N–C) groups is 1. The molecule has 0 saturated carbocycles. The van der Waals surface area contributed by atoms with Gasteiger partial charge in [-0.15, -0.1) is 0 Å². The fraction of sp³-hybridized carbons (Fsp3) is 0.348. The number of hydrogen-bond donors (Lipinski definition) is 4. The van der Waals surface area contributed by atoms with E-state index < -0.39 is 0 Å². The predicted molar refractivity (Wildman–Crippen MR) is 139 cm³/mol. The number of aromatic nitrogens is 1. The molecule has 184 valence electrons. The predicted octanol–water partition coefficient (Wildman–Crippen LogP) is 2.30. The summed E-state index contributed by atoms with van der Waals surface area (Å²) in [6.07, 6.45) is 2.30. The second kappa shape index (κ2) is 14.0. The van der Waals surface area contributed by atoms with Gasteiger partial charge < -0.3 is 20.7 Å². The number of thioether (sulfide) groups is 1. The topological polar surface area (TPSA) is 146 Å². The minimum Gasteiger partial charge on any atom is -0.492 e. The van der Waals surface area contributed by atoms with Crippen LogP contribution in [0.25, 0.3) is 0 Å². The van der Waals surface area contributed by atoms with Crippen LogP contribution in [0.5, 0.6) is 5.75 Å². The third-order valence-corrected chi connectivity index (χ3v) is 5.50. The molecular formula is C23H33N7O3S. The molecule has 34 heavy (non-hydrogen) atoms. The lowest BCUT2D eigenvalue weighted by Gasteiger charge is -2.18. The van der Waals surface area contributed by atoms with E-state index in [0.29, 0.717) is 25.4 Å². The minimum absolute atomic E-state index is 0. The molecule has 1 atom stereocenters. The van der Waals surface area contributed by atoms with E-state index in [1.165, 1.54) is 0 Å². The van der Waals surface area contributed by atoms with Crippen molar-refractivity contribution in [2.45, 2.75) is 18.6 Å². The third kappa shape index (κ3) is 9.59. The van der Waals surface area contributed by atoms with Gasteiger partial charge in [0.1, 0.15) is 29.8 Å². The molecule has 2 heterocycles. The monoisotopic (exact) mass is 487 g/mol. The molecule has 1 aliphatic heterocycles. The van der Waals surface area contributed by atoms with Gasteiger partial charge in [0, 0.05) is 14.7 Å². The number of nitrogens with one attached hydrogen (secondary N) is 3. The van der Waals surface area contributed by atoms with Crippen molar-refractivity contribution in [1.82, 2.24) is 15.6 Å². The van der Waals surface area contributed by atoms with Crippen LogP contribution in [0.4, 0.5) is 10.6 Å². The number of amidine groups is 2. The molecule has 0 spiro atoms. The number of nitrogens with zero attached hydrogens (tertiary/aromatic N) is 3. The number of ether oxygens (including phenoxy) is 1. The van der Waals surface area contributed by atoms with Crippen LogP contribution in [0.1, 0.15) is 13.9 Å². The summed E-state index contributed by atoms with van der Waals surface area (Å²) in [6, 6.07) is 13.4. The number of carbonyl (C=O) groups is 2. The Morgan fingerprint density at radius 2 is 2.06 bits per heavy atom. The second-order valence-electron chi connectivity index (χ2n) is 7.41. The molecule has 10 nitrogen and oxygen atoms in total. The first kappa shape index (κ1) is 26.8. The lowest BCUT2D eigenvalue weighted by Crippen LogP contribution is -2.26. The van der Waals surface area contributed by atoms with Crippen LogP contribution in [0.15, 0.2) is 53.7 Å². The molecule has 1 aromatic heterocycles. The van der Waals surface area contributed by atoms with Crippen molar-refractivity contribution in [3.63, 3.8) is 0 Å². The van der Waals surface area contributed by atoms with E-state index in [9.17, 15) is 9.59 Å². The molecular weight excluding hydrogens is 454 g/mol. The Morgan fingerprint density at radius 3 is 2.62 bits per heavy atom. The number of nitrogens with two attached hydrogens (primary N) is 1. The van der Waals surface area contributed by atoms with Crippen LogP contribution in [-0.4, -0.2) is 66.8 Å². The molecule has 2 amide bonds. The Labute approximate surface area is 205 Å². The first-order valence-corrected chi connectivity index (χ1v) is 11.5. The molecule has 1 saturated heterocycles. The fourth-order valence-electron chi connectivity index (χ4n) is 2.89. The summed E-state index contributed by atoms with van der Waals surface area (Å²) in [6.45, 7) is 3.39. The summed E-state index contributed by atoms with van der Waals surface area (Å²) >= 11 is 1.05. The van der Waals surface area contributed by atoms with Gasteiger partial charge >= 0.3 is 0 Å². The van der Waals surface area contributed by atoms with Crippen LogP contribution < -0.4 is 26.0 Å². The zero-order chi connectivity index (χ0) is 24.9. The van der Waals surface area contributed by atoms with Gasteiger partial charge in [-0.2, -0.15) is 0 Å². The quantitative estimate of drug-likeness (QED) is 0.311. The van der Waals surface area contributed by atoms with E-state index in [1.807, 2.05) is 54.4 Å². The second-order valence-corrected chi connectivity index (χ2v) is 8.58. The number of imide groups is 1. The maximum atomic E-state index is 11.6. The van der Waals surface area contributed by atoms with E-state index in [4.69, 9.17) is 15.9 Å². The first-order chi connectivity index (χ1) is 16.3. The van der Waals surface area contributed by atoms with Gasteiger partial charge in [0.2, 0.25) is 5.91 Å². The smallest absolute Gasteiger partial charge is 0.286 e. The summed E-state index contributed by atoms with van der Waals surface area (Å²) in [5, 5.41) is 11.4. The normalized spacial score (nSPS) is 15.3. The highest BCUT2D eigenvalue weighted by molar-refractivity contribution is 8.15. The van der Waals surface area contributed by atoms with Gasteiger partial charge in [-0.25, -0.2) is 9.98 Å². The van der Waals surface area contributed by atoms with Crippen LogP contribution in [-0.2, 0) is 11.2 Å². The Bertz CT molecular complexity index is 990. The van der Waals surface area contributed by atoms with Crippen LogP contribution in [0.3, 0.4) is 0 Å². The molecule has 1 unspecified atom stereocenters. The van der Waals surface area contributed by atoms with Crippen molar-refractivity contribution in [1.29, 1.82) is 5.41 Å². The van der Waals surface area contributed by atoms with Crippen molar-refractivity contribution < 1.29 is 15.8 Å². The van der Waals surface area contributed by atoms with Gasteiger partial charge in [-0.1, -0.05) is 30.0 Å². The maximum Gasteiger partial charge on any atom is 0.286 e. The number of hydrogen-bond acceptors (Lipinski definition) is 8.